The van der Waals surface area contributed by atoms with Crippen LogP contribution >= 0.6 is 22.7 Å². The first kappa shape index (κ1) is 18.2. The number of pyridine rings is 1. The Kier molecular flexibility index (Phi) is 4.84. The van der Waals surface area contributed by atoms with Gasteiger partial charge >= 0.3 is 5.00 Å². The van der Waals surface area contributed by atoms with E-state index in [2.05, 4.69) is 9.97 Å². The average Bonchev–Trinajstić information content (AvgIpc) is 3.34. The van der Waals surface area contributed by atoms with Gasteiger partial charge in [0.05, 0.1) is 26.6 Å². The van der Waals surface area contributed by atoms with Gasteiger partial charge in [0.2, 0.25) is 0 Å². The van der Waals surface area contributed by atoms with Crippen molar-refractivity contribution in [3.63, 3.8) is 0 Å². The van der Waals surface area contributed by atoms with Crippen molar-refractivity contribution in [2.75, 3.05) is 4.90 Å². The summed E-state index contributed by atoms with van der Waals surface area (Å²) < 4.78 is 0.983. The number of rotatable bonds is 5. The molecule has 0 radical (unpaired) electrons. The number of hydrogen-bond acceptors (Lipinski definition) is 7. The Labute approximate surface area is 168 Å². The number of thiophene rings is 1. The lowest BCUT2D eigenvalue weighted by atomic mass is 10.2. The van der Waals surface area contributed by atoms with E-state index in [4.69, 9.17) is 0 Å². The molecule has 0 fully saturated rings. The number of amides is 1. The lowest BCUT2D eigenvalue weighted by Gasteiger charge is -2.19. The van der Waals surface area contributed by atoms with Gasteiger partial charge in [0.25, 0.3) is 5.91 Å². The molecule has 1 amide bonds. The van der Waals surface area contributed by atoms with Gasteiger partial charge in [-0.1, -0.05) is 40.9 Å². The normalized spacial score (nSPS) is 10.9. The summed E-state index contributed by atoms with van der Waals surface area (Å²) in [5, 5.41) is 11.5. The number of aryl methyl sites for hydroxylation is 1. The molecule has 1 aromatic carbocycles. The van der Waals surface area contributed by atoms with Crippen LogP contribution in [0.3, 0.4) is 0 Å². The van der Waals surface area contributed by atoms with Gasteiger partial charge in [0.15, 0.2) is 5.13 Å². The predicted molar refractivity (Wildman–Crippen MR) is 110 cm³/mol. The number of anilines is 1. The van der Waals surface area contributed by atoms with Crippen molar-refractivity contribution in [3.8, 4) is 0 Å². The maximum absolute atomic E-state index is 13.2. The van der Waals surface area contributed by atoms with Gasteiger partial charge in [-0.15, -0.1) is 0 Å². The van der Waals surface area contributed by atoms with E-state index in [1.165, 1.54) is 23.5 Å². The smallest absolute Gasteiger partial charge is 0.279 e. The number of para-hydroxylation sites is 1. The summed E-state index contributed by atoms with van der Waals surface area (Å²) in [5.41, 5.74) is 2.72. The monoisotopic (exact) mass is 410 g/mol. The zero-order chi connectivity index (χ0) is 19.7. The largest absolute Gasteiger partial charge is 0.324 e. The fourth-order valence-corrected chi connectivity index (χ4v) is 4.57. The highest BCUT2D eigenvalue weighted by Crippen LogP contribution is 2.33. The number of thiazole rings is 1. The molecule has 3 heterocycles. The summed E-state index contributed by atoms with van der Waals surface area (Å²) in [6.07, 6.45) is 3.36. The zero-order valence-corrected chi connectivity index (χ0v) is 16.4. The lowest BCUT2D eigenvalue weighted by Crippen LogP contribution is -2.29. The van der Waals surface area contributed by atoms with Crippen LogP contribution in [0.5, 0.6) is 0 Å². The Morgan fingerprint density at radius 2 is 2.04 bits per heavy atom. The Balaban J connectivity index is 1.77. The van der Waals surface area contributed by atoms with Gasteiger partial charge < -0.3 is 0 Å². The van der Waals surface area contributed by atoms with Crippen molar-refractivity contribution in [2.45, 2.75) is 13.5 Å². The minimum Gasteiger partial charge on any atom is -0.279 e. The van der Waals surface area contributed by atoms with E-state index in [-0.39, 0.29) is 17.5 Å². The van der Waals surface area contributed by atoms with E-state index in [9.17, 15) is 14.9 Å². The summed E-state index contributed by atoms with van der Waals surface area (Å²) in [4.78, 5) is 34.3. The third kappa shape index (κ3) is 3.49. The Morgan fingerprint density at radius 3 is 2.71 bits per heavy atom. The topological polar surface area (TPSA) is 89.2 Å². The number of nitro groups is 1. The molecular weight excluding hydrogens is 396 g/mol. The van der Waals surface area contributed by atoms with Gasteiger partial charge in [-0.3, -0.25) is 24.8 Å². The molecule has 4 aromatic rings. The van der Waals surface area contributed by atoms with Crippen LogP contribution in [-0.4, -0.2) is 20.8 Å². The molecule has 0 spiro atoms. The molecular formula is C19H14N4O3S2. The van der Waals surface area contributed by atoms with E-state index in [1.54, 1.807) is 23.4 Å². The van der Waals surface area contributed by atoms with Gasteiger partial charge in [-0.25, -0.2) is 4.98 Å². The number of carbonyl (C=O) groups excluding carboxylic acids is 1. The number of nitrogens with zero attached hydrogens (tertiary/aromatic N) is 4. The van der Waals surface area contributed by atoms with Crippen LogP contribution in [-0.2, 0) is 6.54 Å². The maximum Gasteiger partial charge on any atom is 0.324 e. The first-order valence-electron chi connectivity index (χ1n) is 8.34. The molecule has 28 heavy (non-hydrogen) atoms. The Hall–Kier alpha value is -3.17. The summed E-state index contributed by atoms with van der Waals surface area (Å²) >= 11 is 2.28. The highest BCUT2D eigenvalue weighted by molar-refractivity contribution is 7.22. The van der Waals surface area contributed by atoms with Crippen molar-refractivity contribution < 1.29 is 9.72 Å². The van der Waals surface area contributed by atoms with Crippen molar-refractivity contribution in [2.24, 2.45) is 0 Å². The average molecular weight is 410 g/mol. The minimum absolute atomic E-state index is 0.0650. The first-order valence-corrected chi connectivity index (χ1v) is 9.97. The maximum atomic E-state index is 13.2. The SMILES string of the molecule is Cc1cccc2sc(N(Cc3cccnc3)C(=O)c3ccc([N+](=O)[O-])s3)nc12. The number of fused-ring (bicyclic) bond motifs is 1. The number of benzene rings is 1. The second-order valence-corrected chi connectivity index (χ2v) is 8.14. The quantitative estimate of drug-likeness (QED) is 0.348. The van der Waals surface area contributed by atoms with Gasteiger partial charge in [0.1, 0.15) is 0 Å². The van der Waals surface area contributed by atoms with Crippen LogP contribution in [0.15, 0.2) is 54.9 Å². The fourth-order valence-electron chi connectivity index (χ4n) is 2.76. The van der Waals surface area contributed by atoms with Crippen molar-refractivity contribution in [3.05, 3.63) is 81.0 Å². The van der Waals surface area contributed by atoms with E-state index in [1.807, 2.05) is 31.2 Å². The first-order chi connectivity index (χ1) is 13.5. The molecule has 0 bridgehead atoms. The molecule has 0 aliphatic heterocycles. The molecule has 0 N–H and O–H groups in total. The molecule has 0 aliphatic rings. The van der Waals surface area contributed by atoms with Crippen LogP contribution < -0.4 is 4.90 Å². The van der Waals surface area contributed by atoms with Crippen LogP contribution in [0, 0.1) is 17.0 Å². The summed E-state index contributed by atoms with van der Waals surface area (Å²) in [6.45, 7) is 2.25. The second kappa shape index (κ2) is 7.45. The zero-order valence-electron chi connectivity index (χ0n) is 14.7. The highest BCUT2D eigenvalue weighted by atomic mass is 32.1. The lowest BCUT2D eigenvalue weighted by molar-refractivity contribution is -0.380. The predicted octanol–water partition coefficient (Wildman–Crippen LogP) is 4.82. The standard InChI is InChI=1S/C19H14N4O3S2/c1-12-4-2-6-14-17(12)21-19(28-14)22(11-13-5-3-9-20-10-13)18(24)15-7-8-16(27-15)23(25)26/h2-10H,11H2,1H3. The summed E-state index contributed by atoms with van der Waals surface area (Å²) in [5.74, 6) is -0.321. The molecule has 3 aromatic heterocycles. The van der Waals surface area contributed by atoms with Crippen molar-refractivity contribution in [1.82, 2.24) is 9.97 Å². The minimum atomic E-state index is -0.492. The third-order valence-corrected chi connectivity index (χ3v) is 6.20. The molecule has 4 rings (SSSR count). The summed E-state index contributed by atoms with van der Waals surface area (Å²) in [6, 6.07) is 12.4. The van der Waals surface area contributed by atoms with Crippen LogP contribution in [0.2, 0.25) is 0 Å². The molecule has 0 aliphatic carbocycles. The fraction of sp³-hybridized carbons (Fsp3) is 0.105. The molecule has 0 atom stereocenters. The van der Waals surface area contributed by atoms with E-state index >= 15 is 0 Å². The Morgan fingerprint density at radius 1 is 1.18 bits per heavy atom. The van der Waals surface area contributed by atoms with Crippen molar-refractivity contribution >= 4 is 48.9 Å². The van der Waals surface area contributed by atoms with Crippen LogP contribution in [0.4, 0.5) is 10.1 Å². The molecule has 0 saturated heterocycles. The molecule has 7 nitrogen and oxygen atoms in total. The number of hydrogen-bond donors (Lipinski definition) is 0. The van der Waals surface area contributed by atoms with Gasteiger partial charge in [-0.05, 0) is 36.2 Å². The van der Waals surface area contributed by atoms with Crippen molar-refractivity contribution in [1.29, 1.82) is 0 Å². The molecule has 9 heteroatoms. The molecule has 0 unspecified atom stereocenters. The second-order valence-electron chi connectivity index (χ2n) is 6.07. The van der Waals surface area contributed by atoms with Crippen LogP contribution in [0.1, 0.15) is 20.8 Å². The van der Waals surface area contributed by atoms with E-state index in [0.717, 1.165) is 32.7 Å². The van der Waals surface area contributed by atoms with Gasteiger partial charge in [-0.2, -0.15) is 0 Å². The third-order valence-electron chi connectivity index (χ3n) is 4.13. The Bertz CT molecular complexity index is 1170. The van der Waals surface area contributed by atoms with E-state index < -0.39 is 4.92 Å². The molecule has 140 valence electrons. The van der Waals surface area contributed by atoms with Crippen LogP contribution in [0.25, 0.3) is 10.2 Å². The summed E-state index contributed by atoms with van der Waals surface area (Å²) in [7, 11) is 0. The molecule has 0 saturated carbocycles. The van der Waals surface area contributed by atoms with E-state index in [0.29, 0.717) is 10.0 Å². The number of aromatic nitrogens is 2. The van der Waals surface area contributed by atoms with Gasteiger partial charge in [0, 0.05) is 18.5 Å². The number of carbonyl (C=O) groups is 1. The highest BCUT2D eigenvalue weighted by Gasteiger charge is 2.25.